The Morgan fingerprint density at radius 1 is 1.50 bits per heavy atom. The molecule has 1 aromatic carbocycles. The maximum atomic E-state index is 12.7. The fourth-order valence-electron chi connectivity index (χ4n) is 3.07. The quantitative estimate of drug-likeness (QED) is 0.946. The van der Waals surface area contributed by atoms with Gasteiger partial charge < -0.3 is 19.2 Å². The van der Waals surface area contributed by atoms with Crippen molar-refractivity contribution in [2.75, 3.05) is 26.8 Å². The van der Waals surface area contributed by atoms with E-state index >= 15 is 0 Å². The summed E-state index contributed by atoms with van der Waals surface area (Å²) in [5.41, 5.74) is 1.53. The summed E-state index contributed by atoms with van der Waals surface area (Å²) in [5, 5.41) is 10.2. The van der Waals surface area contributed by atoms with Gasteiger partial charge in [-0.05, 0) is 43.9 Å². The minimum Gasteiger partial charge on any atom is -0.497 e. The average molecular weight is 303 g/mol. The Bertz CT molecular complexity index is 691. The monoisotopic (exact) mass is 303 g/mol. The number of nitrogens with zero attached hydrogens (tertiary/aromatic N) is 1. The molecule has 0 bridgehead atoms. The molecular weight excluding hydrogens is 282 g/mol. The van der Waals surface area contributed by atoms with Gasteiger partial charge in [-0.3, -0.25) is 4.79 Å². The average Bonchev–Trinajstić information content (AvgIpc) is 2.90. The Kier molecular flexibility index (Phi) is 4.07. The lowest BCUT2D eigenvalue weighted by Gasteiger charge is -2.31. The van der Waals surface area contributed by atoms with Crippen LogP contribution in [0.25, 0.3) is 11.0 Å². The lowest BCUT2D eigenvalue weighted by atomic mass is 9.98. The van der Waals surface area contributed by atoms with E-state index in [-0.39, 0.29) is 18.4 Å². The number of likely N-dealkylation sites (tertiary alicyclic amines) is 1. The molecule has 2 heterocycles. The molecule has 1 aromatic heterocycles. The van der Waals surface area contributed by atoms with E-state index in [2.05, 4.69) is 0 Å². The number of rotatable bonds is 3. The minimum absolute atomic E-state index is 0.0918. The topological polar surface area (TPSA) is 62.9 Å². The molecule has 1 aliphatic rings. The zero-order chi connectivity index (χ0) is 15.7. The van der Waals surface area contributed by atoms with Crippen molar-refractivity contribution in [2.45, 2.75) is 19.8 Å². The van der Waals surface area contributed by atoms with Crippen molar-refractivity contribution in [3.8, 4) is 5.75 Å². The second-order valence-electron chi connectivity index (χ2n) is 5.86. The van der Waals surface area contributed by atoms with Gasteiger partial charge in [0.1, 0.15) is 11.3 Å². The molecule has 0 radical (unpaired) electrons. The summed E-state index contributed by atoms with van der Waals surface area (Å²) >= 11 is 0. The Balaban J connectivity index is 1.92. The van der Waals surface area contributed by atoms with Gasteiger partial charge in [-0.15, -0.1) is 0 Å². The minimum atomic E-state index is -0.0918. The molecule has 3 rings (SSSR count). The Morgan fingerprint density at radius 3 is 3.05 bits per heavy atom. The van der Waals surface area contributed by atoms with Crippen molar-refractivity contribution < 1.29 is 19.1 Å². The number of aliphatic hydroxyl groups is 1. The number of fused-ring (bicyclic) bond motifs is 1. The number of carbonyl (C=O) groups is 1. The summed E-state index contributed by atoms with van der Waals surface area (Å²) in [6.45, 7) is 3.33. The molecule has 1 aliphatic heterocycles. The zero-order valence-corrected chi connectivity index (χ0v) is 13.0. The van der Waals surface area contributed by atoms with Crippen molar-refractivity contribution in [1.29, 1.82) is 0 Å². The van der Waals surface area contributed by atoms with Crippen LogP contribution < -0.4 is 4.74 Å². The second-order valence-corrected chi connectivity index (χ2v) is 5.86. The van der Waals surface area contributed by atoms with Crippen LogP contribution in [0.4, 0.5) is 0 Å². The SMILES string of the molecule is COc1ccc2oc(C(=O)N3CCCC(CO)C3)c(C)c2c1. The van der Waals surface area contributed by atoms with E-state index in [0.717, 1.165) is 36.1 Å². The number of hydrogen-bond acceptors (Lipinski definition) is 4. The van der Waals surface area contributed by atoms with Crippen LogP contribution in [0.15, 0.2) is 22.6 Å². The lowest BCUT2D eigenvalue weighted by molar-refractivity contribution is 0.0591. The number of furan rings is 1. The van der Waals surface area contributed by atoms with E-state index in [1.807, 2.05) is 25.1 Å². The van der Waals surface area contributed by atoms with E-state index in [1.54, 1.807) is 12.0 Å². The van der Waals surface area contributed by atoms with Crippen molar-refractivity contribution in [3.63, 3.8) is 0 Å². The van der Waals surface area contributed by atoms with Gasteiger partial charge in [-0.25, -0.2) is 0 Å². The first-order chi connectivity index (χ1) is 10.6. The summed E-state index contributed by atoms with van der Waals surface area (Å²) < 4.78 is 11.0. The van der Waals surface area contributed by atoms with Gasteiger partial charge in [0, 0.05) is 30.6 Å². The normalized spacial score (nSPS) is 18.7. The first-order valence-corrected chi connectivity index (χ1v) is 7.61. The molecule has 1 amide bonds. The number of benzene rings is 1. The number of carbonyl (C=O) groups excluding carboxylic acids is 1. The van der Waals surface area contributed by atoms with Gasteiger partial charge in [0.15, 0.2) is 5.76 Å². The number of aliphatic hydroxyl groups excluding tert-OH is 1. The molecule has 1 fully saturated rings. The molecule has 0 spiro atoms. The number of piperidine rings is 1. The third-order valence-electron chi connectivity index (χ3n) is 4.40. The highest BCUT2D eigenvalue weighted by Crippen LogP contribution is 2.30. The van der Waals surface area contributed by atoms with Crippen LogP contribution in [-0.2, 0) is 0 Å². The van der Waals surface area contributed by atoms with E-state index in [9.17, 15) is 9.90 Å². The van der Waals surface area contributed by atoms with E-state index in [4.69, 9.17) is 9.15 Å². The lowest BCUT2D eigenvalue weighted by Crippen LogP contribution is -2.41. The Morgan fingerprint density at radius 2 is 2.32 bits per heavy atom. The van der Waals surface area contributed by atoms with Crippen LogP contribution in [0.3, 0.4) is 0 Å². The molecule has 118 valence electrons. The molecule has 1 N–H and O–H groups in total. The molecule has 0 aliphatic carbocycles. The van der Waals surface area contributed by atoms with E-state index < -0.39 is 0 Å². The second kappa shape index (κ2) is 6.01. The molecule has 5 nitrogen and oxygen atoms in total. The van der Waals surface area contributed by atoms with Crippen LogP contribution in [0.5, 0.6) is 5.75 Å². The molecule has 22 heavy (non-hydrogen) atoms. The Hall–Kier alpha value is -2.01. The van der Waals surface area contributed by atoms with E-state index in [0.29, 0.717) is 17.9 Å². The summed E-state index contributed by atoms with van der Waals surface area (Å²) in [7, 11) is 1.62. The van der Waals surface area contributed by atoms with Gasteiger partial charge in [0.25, 0.3) is 5.91 Å². The first kappa shape index (κ1) is 14.9. The van der Waals surface area contributed by atoms with Crippen LogP contribution in [0.1, 0.15) is 29.0 Å². The van der Waals surface area contributed by atoms with Crippen LogP contribution in [-0.4, -0.2) is 42.7 Å². The van der Waals surface area contributed by atoms with Crippen molar-refractivity contribution in [2.24, 2.45) is 5.92 Å². The molecule has 1 atom stereocenters. The van der Waals surface area contributed by atoms with Crippen LogP contribution in [0.2, 0.25) is 0 Å². The third kappa shape index (κ3) is 2.57. The van der Waals surface area contributed by atoms with Crippen LogP contribution in [0, 0.1) is 12.8 Å². The smallest absolute Gasteiger partial charge is 0.289 e. The summed E-state index contributed by atoms with van der Waals surface area (Å²) in [5.74, 6) is 1.21. The highest BCUT2D eigenvalue weighted by atomic mass is 16.5. The molecule has 2 aromatic rings. The number of amides is 1. The Labute approximate surface area is 129 Å². The zero-order valence-electron chi connectivity index (χ0n) is 13.0. The molecule has 5 heteroatoms. The fraction of sp³-hybridized carbons (Fsp3) is 0.471. The van der Waals surface area contributed by atoms with Gasteiger partial charge in [-0.2, -0.15) is 0 Å². The van der Waals surface area contributed by atoms with Crippen molar-refractivity contribution >= 4 is 16.9 Å². The first-order valence-electron chi connectivity index (χ1n) is 7.61. The molecule has 1 saturated heterocycles. The van der Waals surface area contributed by atoms with Crippen LogP contribution >= 0.6 is 0 Å². The third-order valence-corrected chi connectivity index (χ3v) is 4.40. The van der Waals surface area contributed by atoms with Gasteiger partial charge in [0.2, 0.25) is 0 Å². The van der Waals surface area contributed by atoms with Crippen molar-refractivity contribution in [3.05, 3.63) is 29.5 Å². The van der Waals surface area contributed by atoms with Gasteiger partial charge in [0.05, 0.1) is 7.11 Å². The predicted octanol–water partition coefficient (Wildman–Crippen LogP) is 2.59. The summed E-state index contributed by atoms with van der Waals surface area (Å²) in [6.07, 6.45) is 1.89. The van der Waals surface area contributed by atoms with Crippen molar-refractivity contribution in [1.82, 2.24) is 4.90 Å². The number of methoxy groups -OCH3 is 1. The number of aryl methyl sites for hydroxylation is 1. The fourth-order valence-corrected chi connectivity index (χ4v) is 3.07. The van der Waals surface area contributed by atoms with Gasteiger partial charge in [-0.1, -0.05) is 0 Å². The summed E-state index contributed by atoms with van der Waals surface area (Å²) in [4.78, 5) is 14.5. The van der Waals surface area contributed by atoms with E-state index in [1.165, 1.54) is 0 Å². The number of ether oxygens (including phenoxy) is 1. The molecular formula is C17H21NO4. The highest BCUT2D eigenvalue weighted by molar-refractivity contribution is 5.99. The predicted molar refractivity (Wildman–Crippen MR) is 83.2 cm³/mol. The standard InChI is InChI=1S/C17H21NO4/c1-11-14-8-13(21-2)5-6-15(14)22-16(11)17(20)18-7-3-4-12(9-18)10-19/h5-6,8,12,19H,3-4,7,9-10H2,1-2H3. The largest absolute Gasteiger partial charge is 0.497 e. The maximum absolute atomic E-state index is 12.7. The molecule has 0 saturated carbocycles. The summed E-state index contributed by atoms with van der Waals surface area (Å²) in [6, 6.07) is 5.53. The maximum Gasteiger partial charge on any atom is 0.289 e. The highest BCUT2D eigenvalue weighted by Gasteiger charge is 2.28. The molecule has 1 unspecified atom stereocenters. The number of hydrogen-bond donors (Lipinski definition) is 1. The van der Waals surface area contributed by atoms with Gasteiger partial charge >= 0.3 is 0 Å².